The number of fused-ring (bicyclic) bond motifs is 1. The lowest BCUT2D eigenvalue weighted by Crippen LogP contribution is -2.50. The number of hydrogen-bond donors (Lipinski definition) is 4. The van der Waals surface area contributed by atoms with Crippen molar-refractivity contribution >= 4 is 17.7 Å². The summed E-state index contributed by atoms with van der Waals surface area (Å²) in [4.78, 5) is 31.6. The van der Waals surface area contributed by atoms with Crippen LogP contribution < -0.4 is 10.6 Å². The normalized spacial score (nSPS) is 15.4. The van der Waals surface area contributed by atoms with Crippen molar-refractivity contribution in [1.82, 2.24) is 15.2 Å². The number of methoxy groups -OCH3 is 1. The number of amides is 1. The molecule has 0 saturated carbocycles. The van der Waals surface area contributed by atoms with Crippen molar-refractivity contribution in [3.63, 3.8) is 0 Å². The zero-order valence-electron chi connectivity index (χ0n) is 21.9. The summed E-state index contributed by atoms with van der Waals surface area (Å²) in [6.07, 6.45) is 5.22. The van der Waals surface area contributed by atoms with E-state index in [1.54, 1.807) is 37.4 Å². The van der Waals surface area contributed by atoms with Crippen LogP contribution in [0.5, 0.6) is 0 Å². The van der Waals surface area contributed by atoms with Gasteiger partial charge in [-0.3, -0.25) is 4.79 Å². The minimum Gasteiger partial charge on any atom is -0.480 e. The molecule has 4 N–H and O–H groups in total. The highest BCUT2D eigenvalue weighted by Crippen LogP contribution is 2.21. The average molecular weight is 513 g/mol. The van der Waals surface area contributed by atoms with Crippen LogP contribution in [0, 0.1) is 0 Å². The number of anilines is 1. The van der Waals surface area contributed by atoms with Crippen molar-refractivity contribution in [3.8, 4) is 0 Å². The molecule has 9 heteroatoms. The molecule has 1 aromatic heterocycles. The van der Waals surface area contributed by atoms with E-state index >= 15 is 0 Å². The van der Waals surface area contributed by atoms with Crippen LogP contribution in [-0.2, 0) is 32.8 Å². The summed E-state index contributed by atoms with van der Waals surface area (Å²) >= 11 is 0. The lowest BCUT2D eigenvalue weighted by Gasteiger charge is -2.27. The molecule has 202 valence electrons. The highest BCUT2D eigenvalue weighted by molar-refractivity contribution is 5.89. The molecule has 0 radical (unpaired) electrons. The quantitative estimate of drug-likeness (QED) is 0.269. The Bertz CT molecular complexity index is 1010. The molecule has 2 heterocycles. The van der Waals surface area contributed by atoms with Crippen molar-refractivity contribution in [2.75, 3.05) is 45.2 Å². The molecule has 37 heavy (non-hydrogen) atoms. The van der Waals surface area contributed by atoms with E-state index in [4.69, 9.17) is 9.72 Å². The maximum Gasteiger partial charge on any atom is 0.326 e. The predicted octanol–water partition coefficient (Wildman–Crippen LogP) is 2.58. The number of hydrogen-bond acceptors (Lipinski definition) is 7. The molecule has 3 rings (SSSR count). The fraction of sp³-hybridized carbons (Fsp3) is 0.536. The zero-order chi connectivity index (χ0) is 26.7. The second-order valence-electron chi connectivity index (χ2n) is 9.72. The Morgan fingerprint density at radius 3 is 2.68 bits per heavy atom. The molecular formula is C28H40N4O5. The Labute approximate surface area is 219 Å². The van der Waals surface area contributed by atoms with Gasteiger partial charge in [-0.1, -0.05) is 36.4 Å². The van der Waals surface area contributed by atoms with Gasteiger partial charge in [0.2, 0.25) is 0 Å². The van der Waals surface area contributed by atoms with Gasteiger partial charge in [-0.25, -0.2) is 9.78 Å². The van der Waals surface area contributed by atoms with Gasteiger partial charge in [0, 0.05) is 32.4 Å². The van der Waals surface area contributed by atoms with Crippen molar-refractivity contribution in [2.24, 2.45) is 0 Å². The number of carboxylic acid groups (broad SMARTS) is 1. The fourth-order valence-corrected chi connectivity index (χ4v) is 4.47. The maximum atomic E-state index is 12.8. The van der Waals surface area contributed by atoms with Crippen molar-refractivity contribution in [1.29, 1.82) is 0 Å². The summed E-state index contributed by atoms with van der Waals surface area (Å²) < 4.78 is 5.24. The number of nitrogens with zero attached hydrogens (tertiary/aromatic N) is 2. The number of aryl methyl sites for hydroxylation is 2. The molecule has 1 aromatic carbocycles. The highest BCUT2D eigenvalue weighted by atomic mass is 16.5. The number of aromatic nitrogens is 1. The summed E-state index contributed by atoms with van der Waals surface area (Å²) in [6.45, 7) is 4.81. The van der Waals surface area contributed by atoms with Crippen molar-refractivity contribution in [3.05, 3.63) is 59.3 Å². The first kappa shape index (κ1) is 28.6. The molecule has 0 saturated heterocycles. The maximum absolute atomic E-state index is 12.8. The van der Waals surface area contributed by atoms with E-state index in [0.29, 0.717) is 25.3 Å². The van der Waals surface area contributed by atoms with Crippen molar-refractivity contribution < 1.29 is 24.5 Å². The van der Waals surface area contributed by atoms with Crippen LogP contribution in [0.2, 0.25) is 0 Å². The van der Waals surface area contributed by atoms with Crippen LogP contribution in [0.1, 0.15) is 49.4 Å². The molecule has 0 unspecified atom stereocenters. The first-order chi connectivity index (χ1) is 17.8. The minimum atomic E-state index is -1.83. The van der Waals surface area contributed by atoms with Crippen molar-refractivity contribution in [2.45, 2.75) is 57.1 Å². The van der Waals surface area contributed by atoms with Gasteiger partial charge in [-0.2, -0.15) is 0 Å². The van der Waals surface area contributed by atoms with E-state index in [9.17, 15) is 19.8 Å². The highest BCUT2D eigenvalue weighted by Gasteiger charge is 2.35. The number of carbonyl (C=O) groups is 2. The molecule has 0 bridgehead atoms. The van der Waals surface area contributed by atoms with Gasteiger partial charge in [0.05, 0.1) is 6.61 Å². The van der Waals surface area contributed by atoms with Crippen LogP contribution in [0.4, 0.5) is 5.82 Å². The van der Waals surface area contributed by atoms with Gasteiger partial charge in [0.25, 0.3) is 5.91 Å². The van der Waals surface area contributed by atoms with E-state index in [0.717, 1.165) is 56.7 Å². The molecule has 0 spiro atoms. The topological polar surface area (TPSA) is 124 Å². The van der Waals surface area contributed by atoms with Gasteiger partial charge in [0.15, 0.2) is 5.60 Å². The molecule has 1 aliphatic rings. The van der Waals surface area contributed by atoms with Crippen LogP contribution >= 0.6 is 0 Å². The number of ether oxygens (including phenoxy) is 1. The third-order valence-corrected chi connectivity index (χ3v) is 6.84. The van der Waals surface area contributed by atoms with Gasteiger partial charge >= 0.3 is 5.97 Å². The Kier molecular flexibility index (Phi) is 10.9. The van der Waals surface area contributed by atoms with Crippen LogP contribution in [0.25, 0.3) is 0 Å². The summed E-state index contributed by atoms with van der Waals surface area (Å²) in [5, 5.41) is 26.4. The minimum absolute atomic E-state index is 0.216. The van der Waals surface area contributed by atoms with E-state index in [-0.39, 0.29) is 6.42 Å². The zero-order valence-corrected chi connectivity index (χ0v) is 21.9. The Morgan fingerprint density at radius 2 is 1.95 bits per heavy atom. The third-order valence-electron chi connectivity index (χ3n) is 6.84. The Morgan fingerprint density at radius 1 is 1.16 bits per heavy atom. The third kappa shape index (κ3) is 8.52. The Hall–Kier alpha value is -3.01. The number of nitrogens with one attached hydrogen (secondary N) is 2. The molecular weight excluding hydrogens is 472 g/mol. The number of aliphatic hydroxyl groups is 1. The predicted molar refractivity (Wildman–Crippen MR) is 142 cm³/mol. The van der Waals surface area contributed by atoms with E-state index in [1.165, 1.54) is 12.5 Å². The largest absolute Gasteiger partial charge is 0.480 e. The van der Waals surface area contributed by atoms with Crippen LogP contribution in [0.3, 0.4) is 0 Å². The molecule has 0 aliphatic carbocycles. The molecule has 9 nitrogen and oxygen atoms in total. The summed E-state index contributed by atoms with van der Waals surface area (Å²) in [7, 11) is 1.64. The first-order valence-corrected chi connectivity index (χ1v) is 13.1. The summed E-state index contributed by atoms with van der Waals surface area (Å²) in [6, 6.07) is 11.7. The summed E-state index contributed by atoms with van der Waals surface area (Å²) in [5.41, 5.74) is 0.939. The number of rotatable bonds is 15. The summed E-state index contributed by atoms with van der Waals surface area (Å²) in [5.74, 6) is -0.851. The number of benzene rings is 1. The lowest BCUT2D eigenvalue weighted by molar-refractivity contribution is -0.147. The average Bonchev–Trinajstić information content (AvgIpc) is 2.91. The van der Waals surface area contributed by atoms with E-state index < -0.39 is 23.5 Å². The molecule has 2 atom stereocenters. The van der Waals surface area contributed by atoms with Gasteiger partial charge in [-0.15, -0.1) is 0 Å². The van der Waals surface area contributed by atoms with Gasteiger partial charge < -0.3 is 30.5 Å². The second-order valence-corrected chi connectivity index (χ2v) is 9.72. The fourth-order valence-electron chi connectivity index (χ4n) is 4.47. The number of aliphatic carboxylic acids is 1. The monoisotopic (exact) mass is 512 g/mol. The van der Waals surface area contributed by atoms with Crippen LogP contribution in [0.15, 0.2) is 42.5 Å². The molecule has 1 aliphatic heterocycles. The second kappa shape index (κ2) is 14.1. The number of carboxylic acids is 1. The molecule has 2 aromatic rings. The number of unbranched alkanes of at least 4 members (excludes halogenated alkanes) is 1. The molecule has 0 fully saturated rings. The smallest absolute Gasteiger partial charge is 0.326 e. The standard InChI is InChI=1S/C28H40N4O5/c1-28(36,22-10-4-3-5-11-22)27(35)31-24(26(33)34)15-18-32(19-20-37-2)17-7-6-12-23-14-13-21-9-8-16-29-25(21)30-23/h3-5,10-11,13-14,24,36H,6-9,12,15-20H2,1-2H3,(H,29,30)(H,31,35)(H,33,34)/t24-,28-/m0/s1. The van der Waals surface area contributed by atoms with E-state index in [1.807, 2.05) is 0 Å². The number of pyridine rings is 1. The molecule has 1 amide bonds. The SMILES string of the molecule is COCCN(CCCCc1ccc2c(n1)NCCC2)CC[C@H](NC(=O)[C@@](C)(O)c1ccccc1)C(=O)O. The van der Waals surface area contributed by atoms with Crippen LogP contribution in [-0.4, -0.2) is 77.9 Å². The lowest BCUT2D eigenvalue weighted by atomic mass is 9.94. The van der Waals surface area contributed by atoms with Gasteiger partial charge in [0.1, 0.15) is 11.9 Å². The van der Waals surface area contributed by atoms with E-state index in [2.05, 4.69) is 27.7 Å². The number of carbonyl (C=O) groups excluding carboxylic acids is 1. The Balaban J connectivity index is 1.50. The first-order valence-electron chi connectivity index (χ1n) is 13.1. The van der Waals surface area contributed by atoms with Gasteiger partial charge in [-0.05, 0) is 69.2 Å².